The molecule has 3 nitrogen and oxygen atoms in total. The molecule has 1 amide bonds. The van der Waals surface area contributed by atoms with E-state index in [-0.39, 0.29) is 17.6 Å². The van der Waals surface area contributed by atoms with Gasteiger partial charge in [-0.05, 0) is 42.1 Å². The second-order valence-electron chi connectivity index (χ2n) is 4.86. The number of anilines is 1. The Morgan fingerprint density at radius 3 is 2.61 bits per heavy atom. The predicted molar refractivity (Wildman–Crippen MR) is 73.8 cm³/mol. The molecule has 0 saturated carbocycles. The molecular formula is C15H17NO2. The number of rotatable bonds is 2. The van der Waals surface area contributed by atoms with Crippen molar-refractivity contribution in [1.29, 1.82) is 0 Å². The highest BCUT2D eigenvalue weighted by atomic mass is 16.3. The topological polar surface area (TPSA) is 49.3 Å². The van der Waals surface area contributed by atoms with Crippen LogP contribution in [0.1, 0.15) is 19.4 Å². The molecule has 3 heteroatoms. The van der Waals surface area contributed by atoms with Gasteiger partial charge in [0.15, 0.2) is 0 Å². The molecule has 0 saturated heterocycles. The highest BCUT2D eigenvalue weighted by Gasteiger charge is 2.08. The summed E-state index contributed by atoms with van der Waals surface area (Å²) in [6, 6.07) is 9.22. The summed E-state index contributed by atoms with van der Waals surface area (Å²) < 4.78 is 0. The van der Waals surface area contributed by atoms with Crippen LogP contribution in [-0.2, 0) is 4.79 Å². The fourth-order valence-corrected chi connectivity index (χ4v) is 1.86. The van der Waals surface area contributed by atoms with Gasteiger partial charge in [0.25, 0.3) is 0 Å². The Labute approximate surface area is 106 Å². The Bertz CT molecular complexity index is 603. The Hall–Kier alpha value is -2.03. The van der Waals surface area contributed by atoms with Crippen molar-refractivity contribution in [2.45, 2.75) is 20.8 Å². The molecule has 2 N–H and O–H groups in total. The number of fused-ring (bicyclic) bond motifs is 1. The van der Waals surface area contributed by atoms with E-state index >= 15 is 0 Å². The lowest BCUT2D eigenvalue weighted by Crippen LogP contribution is -2.17. The van der Waals surface area contributed by atoms with Crippen molar-refractivity contribution in [2.24, 2.45) is 5.92 Å². The summed E-state index contributed by atoms with van der Waals surface area (Å²) in [5.74, 6) is 0.213. The van der Waals surface area contributed by atoms with Gasteiger partial charge < -0.3 is 10.4 Å². The Morgan fingerprint density at radius 2 is 1.94 bits per heavy atom. The largest absolute Gasteiger partial charge is 0.507 e. The molecule has 0 fully saturated rings. The minimum atomic E-state index is -0.0494. The van der Waals surface area contributed by atoms with Gasteiger partial charge in [-0.1, -0.05) is 19.9 Å². The number of hydrogen-bond acceptors (Lipinski definition) is 2. The van der Waals surface area contributed by atoms with Crippen LogP contribution in [0.15, 0.2) is 30.3 Å². The number of phenols is 1. The first-order chi connectivity index (χ1) is 8.47. The molecule has 0 unspecified atom stereocenters. The van der Waals surface area contributed by atoms with Crippen LogP contribution < -0.4 is 5.32 Å². The minimum absolute atomic E-state index is 0.00812. The molecule has 0 aliphatic carbocycles. The lowest BCUT2D eigenvalue weighted by Gasteiger charge is -2.09. The van der Waals surface area contributed by atoms with Crippen LogP contribution in [0.2, 0.25) is 0 Å². The Balaban J connectivity index is 2.41. The maximum Gasteiger partial charge on any atom is 0.226 e. The zero-order valence-electron chi connectivity index (χ0n) is 10.8. The van der Waals surface area contributed by atoms with Crippen LogP contribution in [0, 0.1) is 12.8 Å². The molecular weight excluding hydrogens is 226 g/mol. The number of benzene rings is 2. The van der Waals surface area contributed by atoms with Gasteiger partial charge in [-0.2, -0.15) is 0 Å². The van der Waals surface area contributed by atoms with E-state index in [4.69, 9.17) is 0 Å². The number of nitrogens with one attached hydrogen (secondary N) is 1. The second kappa shape index (κ2) is 4.69. The van der Waals surface area contributed by atoms with Crippen molar-refractivity contribution in [2.75, 3.05) is 5.32 Å². The third kappa shape index (κ3) is 2.45. The lowest BCUT2D eigenvalue weighted by molar-refractivity contribution is -0.118. The molecule has 2 aromatic carbocycles. The van der Waals surface area contributed by atoms with Crippen molar-refractivity contribution < 1.29 is 9.90 Å². The highest BCUT2D eigenvalue weighted by molar-refractivity contribution is 5.96. The van der Waals surface area contributed by atoms with E-state index in [9.17, 15) is 9.90 Å². The van der Waals surface area contributed by atoms with Gasteiger partial charge in [0, 0.05) is 17.0 Å². The fraction of sp³-hybridized carbons (Fsp3) is 0.267. The number of amides is 1. The summed E-state index contributed by atoms with van der Waals surface area (Å²) in [5.41, 5.74) is 1.75. The van der Waals surface area contributed by atoms with Crippen LogP contribution >= 0.6 is 0 Å². The molecule has 0 bridgehead atoms. The summed E-state index contributed by atoms with van der Waals surface area (Å²) in [4.78, 5) is 11.6. The van der Waals surface area contributed by atoms with E-state index in [2.05, 4.69) is 5.32 Å². The van der Waals surface area contributed by atoms with Crippen molar-refractivity contribution in [1.82, 2.24) is 0 Å². The summed E-state index contributed by atoms with van der Waals surface area (Å²) in [5, 5.41) is 14.4. The molecule has 0 heterocycles. The maximum absolute atomic E-state index is 11.6. The first-order valence-corrected chi connectivity index (χ1v) is 6.01. The van der Waals surface area contributed by atoms with Gasteiger partial charge >= 0.3 is 0 Å². The van der Waals surface area contributed by atoms with Crippen molar-refractivity contribution in [3.05, 3.63) is 35.9 Å². The standard InChI is InChI=1S/C15H17NO2/c1-9(2)15(18)16-12-4-5-13-11(8-12)6-10(3)7-14(13)17/h4-9,17H,1-3H3,(H,16,18). The summed E-state index contributed by atoms with van der Waals surface area (Å²) in [7, 11) is 0. The van der Waals surface area contributed by atoms with Gasteiger partial charge in [0.1, 0.15) is 5.75 Å². The molecule has 2 rings (SSSR count). The monoisotopic (exact) mass is 243 g/mol. The van der Waals surface area contributed by atoms with Gasteiger partial charge in [0.05, 0.1) is 0 Å². The predicted octanol–water partition coefficient (Wildman–Crippen LogP) is 3.45. The van der Waals surface area contributed by atoms with E-state index < -0.39 is 0 Å². The van der Waals surface area contributed by atoms with Gasteiger partial charge in [0.2, 0.25) is 5.91 Å². The normalized spacial score (nSPS) is 10.9. The SMILES string of the molecule is Cc1cc(O)c2ccc(NC(=O)C(C)C)cc2c1. The van der Waals surface area contributed by atoms with Crippen LogP contribution in [-0.4, -0.2) is 11.0 Å². The molecule has 0 radical (unpaired) electrons. The lowest BCUT2D eigenvalue weighted by atomic mass is 10.1. The number of carbonyl (C=O) groups is 1. The fourth-order valence-electron chi connectivity index (χ4n) is 1.86. The molecule has 2 aromatic rings. The maximum atomic E-state index is 11.6. The van der Waals surface area contributed by atoms with E-state index in [1.165, 1.54) is 0 Å². The number of hydrogen-bond donors (Lipinski definition) is 2. The first kappa shape index (κ1) is 12.4. The zero-order valence-corrected chi connectivity index (χ0v) is 10.8. The molecule has 18 heavy (non-hydrogen) atoms. The summed E-state index contributed by atoms with van der Waals surface area (Å²) >= 11 is 0. The molecule has 94 valence electrons. The van der Waals surface area contributed by atoms with Crippen LogP contribution in [0.5, 0.6) is 5.75 Å². The second-order valence-corrected chi connectivity index (χ2v) is 4.86. The summed E-state index contributed by atoms with van der Waals surface area (Å²) in [6.07, 6.45) is 0. The third-order valence-corrected chi connectivity index (χ3v) is 2.87. The first-order valence-electron chi connectivity index (χ1n) is 6.01. The van der Waals surface area contributed by atoms with Gasteiger partial charge in [-0.15, -0.1) is 0 Å². The smallest absolute Gasteiger partial charge is 0.226 e. The van der Waals surface area contributed by atoms with Gasteiger partial charge in [-0.3, -0.25) is 4.79 Å². The van der Waals surface area contributed by atoms with Crippen LogP contribution in [0.3, 0.4) is 0 Å². The number of carbonyl (C=O) groups excluding carboxylic acids is 1. The molecule has 0 aliphatic heterocycles. The van der Waals surface area contributed by atoms with E-state index in [0.717, 1.165) is 22.0 Å². The highest BCUT2D eigenvalue weighted by Crippen LogP contribution is 2.28. The molecule has 0 spiro atoms. The average Bonchev–Trinajstić information content (AvgIpc) is 2.27. The van der Waals surface area contributed by atoms with Crippen molar-refractivity contribution in [3.8, 4) is 5.75 Å². The van der Waals surface area contributed by atoms with E-state index in [1.807, 2.05) is 39.0 Å². The minimum Gasteiger partial charge on any atom is -0.507 e. The number of phenolic OH excluding ortho intramolecular Hbond substituents is 1. The number of aromatic hydroxyl groups is 1. The van der Waals surface area contributed by atoms with E-state index in [0.29, 0.717) is 0 Å². The van der Waals surface area contributed by atoms with Crippen molar-refractivity contribution >= 4 is 22.4 Å². The Morgan fingerprint density at radius 1 is 1.22 bits per heavy atom. The Kier molecular flexibility index (Phi) is 3.24. The van der Waals surface area contributed by atoms with Gasteiger partial charge in [-0.25, -0.2) is 0 Å². The average molecular weight is 243 g/mol. The van der Waals surface area contributed by atoms with Crippen LogP contribution in [0.25, 0.3) is 10.8 Å². The number of aryl methyl sites for hydroxylation is 1. The zero-order chi connectivity index (χ0) is 13.3. The molecule has 0 aliphatic rings. The molecule has 0 aromatic heterocycles. The quantitative estimate of drug-likeness (QED) is 0.848. The van der Waals surface area contributed by atoms with E-state index in [1.54, 1.807) is 12.1 Å². The molecule has 0 atom stereocenters. The van der Waals surface area contributed by atoms with Crippen molar-refractivity contribution in [3.63, 3.8) is 0 Å². The third-order valence-electron chi connectivity index (χ3n) is 2.87. The van der Waals surface area contributed by atoms with Crippen LogP contribution in [0.4, 0.5) is 5.69 Å². The summed E-state index contributed by atoms with van der Waals surface area (Å²) in [6.45, 7) is 5.64.